The van der Waals surface area contributed by atoms with Gasteiger partial charge >= 0.3 is 0 Å². The first-order valence-electron chi connectivity index (χ1n) is 19.4. The van der Waals surface area contributed by atoms with Crippen LogP contribution in [0, 0.1) is 0 Å². The Morgan fingerprint density at radius 2 is 0.944 bits per heavy atom. The Morgan fingerprint density at radius 1 is 0.481 bits per heavy atom. The second kappa shape index (κ2) is 10.7. The molecule has 0 saturated heterocycles. The summed E-state index contributed by atoms with van der Waals surface area (Å²) in [5.74, 6) is 3.86. The highest BCUT2D eigenvalue weighted by Gasteiger charge is 2.56. The van der Waals surface area contributed by atoms with E-state index in [0.29, 0.717) is 0 Å². The zero-order chi connectivity index (χ0) is 37.7. The van der Waals surface area contributed by atoms with Gasteiger partial charge in [-0.05, 0) is 58.2 Å². The fraction of sp³-hybridized carbons (Fsp3) is 0.265. The molecule has 4 nitrogen and oxygen atoms in total. The van der Waals surface area contributed by atoms with Crippen LogP contribution in [0.15, 0.2) is 109 Å². The Labute approximate surface area is 320 Å². The molecule has 10 rings (SSSR count). The van der Waals surface area contributed by atoms with Crippen molar-refractivity contribution in [1.82, 2.24) is 4.57 Å². The number of nitrogens with zero attached hydrogens (tertiary/aromatic N) is 2. The van der Waals surface area contributed by atoms with Gasteiger partial charge in [0.15, 0.2) is 8.07 Å². The van der Waals surface area contributed by atoms with Crippen molar-refractivity contribution in [2.24, 2.45) is 0 Å². The Balaban J connectivity index is 1.31. The summed E-state index contributed by atoms with van der Waals surface area (Å²) in [6.07, 6.45) is 0. The van der Waals surface area contributed by atoms with Crippen molar-refractivity contribution in [2.75, 3.05) is 4.90 Å². The van der Waals surface area contributed by atoms with Crippen molar-refractivity contribution >= 4 is 62.5 Å². The summed E-state index contributed by atoms with van der Waals surface area (Å²) in [5, 5.41) is 6.39. The highest BCUT2D eigenvalue weighted by Crippen LogP contribution is 2.53. The van der Waals surface area contributed by atoms with Crippen LogP contribution in [0.4, 0.5) is 17.1 Å². The normalized spacial score (nSPS) is 15.3. The summed E-state index contributed by atoms with van der Waals surface area (Å²) in [6, 6.07) is 40.5. The molecule has 0 N–H and O–H groups in total. The second-order valence-corrected chi connectivity index (χ2v) is 22.6. The van der Waals surface area contributed by atoms with Gasteiger partial charge in [0.2, 0.25) is 0 Å². The van der Waals surface area contributed by atoms with Crippen molar-refractivity contribution in [3.63, 3.8) is 0 Å². The van der Waals surface area contributed by atoms with Gasteiger partial charge in [0.1, 0.15) is 23.0 Å². The summed E-state index contributed by atoms with van der Waals surface area (Å²) in [5.41, 5.74) is 10.5. The van der Waals surface area contributed by atoms with Crippen LogP contribution in [0.2, 0.25) is 6.55 Å². The minimum atomic E-state index is -2.76. The summed E-state index contributed by atoms with van der Waals surface area (Å²) in [7, 11) is -2.76. The van der Waals surface area contributed by atoms with Gasteiger partial charge in [-0.2, -0.15) is 0 Å². The zero-order valence-electron chi connectivity index (χ0n) is 33.1. The molecule has 0 saturated carbocycles. The molecule has 6 aromatic carbocycles. The van der Waals surface area contributed by atoms with E-state index in [2.05, 4.69) is 188 Å². The topological polar surface area (TPSA) is 26.6 Å². The molecule has 0 atom stereocenters. The first-order chi connectivity index (χ1) is 25.6. The molecule has 5 heteroatoms. The summed E-state index contributed by atoms with van der Waals surface area (Å²) in [6.45, 7) is 23.2. The van der Waals surface area contributed by atoms with Crippen molar-refractivity contribution in [3.05, 3.63) is 126 Å². The first-order valence-corrected chi connectivity index (χ1v) is 21.9. The molecular formula is C49H48N2O2Si. The van der Waals surface area contributed by atoms with Crippen molar-refractivity contribution < 1.29 is 9.47 Å². The molecule has 7 aromatic rings. The molecule has 3 aliphatic rings. The maximum atomic E-state index is 7.40. The number of para-hydroxylation sites is 2. The van der Waals surface area contributed by atoms with Gasteiger partial charge in [-0.25, -0.2) is 0 Å². The standard InChI is InChI=1S/C49H48N2O2Si/c1-47(2,3)29-19-21-30(22-20-29)50-38-25-23-34(48(4,5)6)42-44(38)54(10)45-39(50)26-24-35(49(7,8)9)43(45)53-41-28-31(27-40(52-42)46(41)54)51-36-17-13-11-15-32(36)33-16-12-14-18-37(33)51/h11-28H,1-10H3. The maximum absolute atomic E-state index is 7.40. The van der Waals surface area contributed by atoms with Gasteiger partial charge in [-0.3, -0.25) is 0 Å². The van der Waals surface area contributed by atoms with E-state index in [1.807, 2.05) is 0 Å². The van der Waals surface area contributed by atoms with Gasteiger partial charge in [0.05, 0.1) is 16.7 Å². The van der Waals surface area contributed by atoms with E-state index in [1.54, 1.807) is 0 Å². The Morgan fingerprint density at radius 3 is 1.39 bits per heavy atom. The van der Waals surface area contributed by atoms with Crippen molar-refractivity contribution in [3.8, 4) is 28.7 Å². The fourth-order valence-corrected chi connectivity index (χ4v) is 14.2. The molecule has 54 heavy (non-hydrogen) atoms. The third-order valence-corrected chi connectivity index (χ3v) is 16.6. The highest BCUT2D eigenvalue weighted by atomic mass is 28.3. The van der Waals surface area contributed by atoms with Crippen molar-refractivity contribution in [2.45, 2.75) is 85.1 Å². The molecule has 3 aliphatic heterocycles. The fourth-order valence-electron chi connectivity index (χ4n) is 9.55. The summed E-state index contributed by atoms with van der Waals surface area (Å²) in [4.78, 5) is 2.48. The van der Waals surface area contributed by atoms with Gasteiger partial charge in [0.25, 0.3) is 0 Å². The number of hydrogen-bond acceptors (Lipinski definition) is 3. The molecule has 1 aromatic heterocycles. The predicted molar refractivity (Wildman–Crippen MR) is 229 cm³/mol. The van der Waals surface area contributed by atoms with E-state index < -0.39 is 8.07 Å². The number of aromatic nitrogens is 1. The number of rotatable bonds is 2. The monoisotopic (exact) mass is 724 g/mol. The lowest BCUT2D eigenvalue weighted by Crippen LogP contribution is -2.72. The van der Waals surface area contributed by atoms with Crippen LogP contribution >= 0.6 is 0 Å². The maximum Gasteiger partial charge on any atom is 0.170 e. The average Bonchev–Trinajstić information content (AvgIpc) is 3.44. The van der Waals surface area contributed by atoms with Gasteiger partial charge in [-0.15, -0.1) is 0 Å². The second-order valence-electron chi connectivity index (χ2n) is 18.8. The van der Waals surface area contributed by atoms with Crippen LogP contribution < -0.4 is 29.9 Å². The third-order valence-electron chi connectivity index (χ3n) is 12.2. The minimum absolute atomic E-state index is 0.0623. The summed E-state index contributed by atoms with van der Waals surface area (Å²) < 4.78 is 17.2. The summed E-state index contributed by atoms with van der Waals surface area (Å²) >= 11 is 0. The van der Waals surface area contributed by atoms with Crippen LogP contribution in [0.5, 0.6) is 23.0 Å². The number of fused-ring (bicyclic) bond motifs is 3. The lowest BCUT2D eigenvalue weighted by molar-refractivity contribution is 0.439. The molecule has 0 fully saturated rings. The smallest absolute Gasteiger partial charge is 0.170 e. The first kappa shape index (κ1) is 33.3. The SMILES string of the molecule is CC(C)(C)c1ccc(N2c3ccc(C(C)(C)C)c4c3[Si]3(C)c5c(cc(-n6c7ccccc7c7ccccc76)cc5Oc5c(C(C)(C)C)ccc2c53)O4)cc1. The minimum Gasteiger partial charge on any atom is -0.457 e. The lowest BCUT2D eigenvalue weighted by Gasteiger charge is -2.50. The zero-order valence-corrected chi connectivity index (χ0v) is 34.1. The highest BCUT2D eigenvalue weighted by molar-refractivity contribution is 7.14. The Bertz CT molecular complexity index is 2580. The Kier molecular flexibility index (Phi) is 6.60. The molecule has 0 radical (unpaired) electrons. The molecule has 4 heterocycles. The van der Waals surface area contributed by atoms with E-state index >= 15 is 0 Å². The van der Waals surface area contributed by atoms with E-state index in [4.69, 9.17) is 9.47 Å². The lowest BCUT2D eigenvalue weighted by atomic mass is 9.85. The van der Waals surface area contributed by atoms with E-state index in [0.717, 1.165) is 34.4 Å². The predicted octanol–water partition coefficient (Wildman–Crippen LogP) is 11.8. The molecule has 0 amide bonds. The van der Waals surface area contributed by atoms with Crippen LogP contribution in [-0.4, -0.2) is 12.6 Å². The molecule has 270 valence electrons. The number of ether oxygens (including phenoxy) is 2. The van der Waals surface area contributed by atoms with Gasteiger partial charge in [-0.1, -0.05) is 130 Å². The van der Waals surface area contributed by atoms with Crippen molar-refractivity contribution in [1.29, 1.82) is 0 Å². The number of hydrogen-bond donors (Lipinski definition) is 0. The van der Waals surface area contributed by atoms with E-state index in [1.165, 1.54) is 65.4 Å². The van der Waals surface area contributed by atoms with Gasteiger partial charge < -0.3 is 18.9 Å². The molecule has 0 unspecified atom stereocenters. The molecule has 0 aliphatic carbocycles. The molecule has 0 bridgehead atoms. The average molecular weight is 725 g/mol. The number of benzene rings is 6. The van der Waals surface area contributed by atoms with Crippen LogP contribution in [0.1, 0.15) is 79.0 Å². The van der Waals surface area contributed by atoms with Gasteiger partial charge in [0, 0.05) is 66.7 Å². The Hall–Kier alpha value is -5.26. The van der Waals surface area contributed by atoms with E-state index in [9.17, 15) is 0 Å². The van der Waals surface area contributed by atoms with E-state index in [-0.39, 0.29) is 16.2 Å². The largest absolute Gasteiger partial charge is 0.457 e. The van der Waals surface area contributed by atoms with Crippen LogP contribution in [-0.2, 0) is 16.2 Å². The van der Waals surface area contributed by atoms with Crippen LogP contribution in [0.25, 0.3) is 27.5 Å². The quantitative estimate of drug-likeness (QED) is 0.166. The number of anilines is 3. The molecule has 0 spiro atoms. The molecular weight excluding hydrogens is 677 g/mol. The van der Waals surface area contributed by atoms with Crippen LogP contribution in [0.3, 0.4) is 0 Å². The third kappa shape index (κ3) is 4.42.